The number of benzene rings is 2. The Hall–Kier alpha value is -2.86. The van der Waals surface area contributed by atoms with Gasteiger partial charge in [0.2, 0.25) is 5.91 Å². The van der Waals surface area contributed by atoms with Crippen molar-refractivity contribution in [1.29, 1.82) is 0 Å². The summed E-state index contributed by atoms with van der Waals surface area (Å²) in [6.07, 6.45) is 7.88. The fraction of sp³-hybridized carbons (Fsp3) is 0.333. The maximum atomic E-state index is 12.1. The minimum atomic E-state index is -0.298. The Kier molecular flexibility index (Phi) is 10.4. The van der Waals surface area contributed by atoms with Crippen LogP contribution in [-0.2, 0) is 4.79 Å². The van der Waals surface area contributed by atoms with E-state index in [-0.39, 0.29) is 11.0 Å². The molecule has 0 heterocycles. The SMILES string of the molecule is CCCCCCOc1ccc(NC(=S)NC(=O)/C=C/c2ccc(OCC)cc2)cc1. The summed E-state index contributed by atoms with van der Waals surface area (Å²) in [6, 6.07) is 15.0. The lowest BCUT2D eigenvalue weighted by atomic mass is 10.2. The average molecular weight is 427 g/mol. The summed E-state index contributed by atoms with van der Waals surface area (Å²) in [5.41, 5.74) is 1.69. The molecule has 0 aliphatic rings. The van der Waals surface area contributed by atoms with Crippen molar-refractivity contribution >= 4 is 35.0 Å². The quantitative estimate of drug-likeness (QED) is 0.279. The van der Waals surface area contributed by atoms with Crippen LogP contribution in [0.2, 0.25) is 0 Å². The third kappa shape index (κ3) is 9.09. The zero-order chi connectivity index (χ0) is 21.6. The van der Waals surface area contributed by atoms with Crippen LogP contribution in [0.25, 0.3) is 6.08 Å². The van der Waals surface area contributed by atoms with Gasteiger partial charge >= 0.3 is 0 Å². The van der Waals surface area contributed by atoms with Crippen molar-refractivity contribution in [3.8, 4) is 11.5 Å². The fourth-order valence-electron chi connectivity index (χ4n) is 2.68. The Labute approximate surface area is 184 Å². The van der Waals surface area contributed by atoms with Gasteiger partial charge in [-0.15, -0.1) is 0 Å². The summed E-state index contributed by atoms with van der Waals surface area (Å²) in [4.78, 5) is 12.1. The number of ether oxygens (including phenoxy) is 2. The van der Waals surface area contributed by atoms with E-state index in [9.17, 15) is 4.79 Å². The number of nitrogens with one attached hydrogen (secondary N) is 2. The van der Waals surface area contributed by atoms with E-state index < -0.39 is 0 Å². The summed E-state index contributed by atoms with van der Waals surface area (Å²) >= 11 is 5.21. The Morgan fingerprint density at radius 2 is 1.60 bits per heavy atom. The number of thiocarbonyl (C=S) groups is 1. The molecule has 0 saturated carbocycles. The van der Waals surface area contributed by atoms with Crippen LogP contribution in [0, 0.1) is 0 Å². The van der Waals surface area contributed by atoms with E-state index in [4.69, 9.17) is 21.7 Å². The summed E-state index contributed by atoms with van der Waals surface area (Å²) in [5.74, 6) is 1.33. The molecule has 1 amide bonds. The van der Waals surface area contributed by atoms with Crippen LogP contribution < -0.4 is 20.1 Å². The predicted octanol–water partition coefficient (Wildman–Crippen LogP) is 5.57. The predicted molar refractivity (Wildman–Crippen MR) is 127 cm³/mol. The average Bonchev–Trinajstić information content (AvgIpc) is 2.74. The Morgan fingerprint density at radius 1 is 0.933 bits per heavy atom. The van der Waals surface area contributed by atoms with Gasteiger partial charge in [-0.1, -0.05) is 38.3 Å². The van der Waals surface area contributed by atoms with Crippen LogP contribution in [0.3, 0.4) is 0 Å². The van der Waals surface area contributed by atoms with E-state index in [0.29, 0.717) is 6.61 Å². The number of rotatable bonds is 11. The molecular weight excluding hydrogens is 396 g/mol. The number of anilines is 1. The van der Waals surface area contributed by atoms with Crippen LogP contribution in [-0.4, -0.2) is 24.2 Å². The van der Waals surface area contributed by atoms with Crippen LogP contribution >= 0.6 is 12.2 Å². The van der Waals surface area contributed by atoms with E-state index in [2.05, 4.69) is 17.6 Å². The zero-order valence-electron chi connectivity index (χ0n) is 17.6. The maximum Gasteiger partial charge on any atom is 0.250 e. The second kappa shape index (κ2) is 13.4. The highest BCUT2D eigenvalue weighted by atomic mass is 32.1. The van der Waals surface area contributed by atoms with E-state index in [1.165, 1.54) is 25.3 Å². The van der Waals surface area contributed by atoms with Crippen LogP contribution in [0.4, 0.5) is 5.69 Å². The molecule has 2 N–H and O–H groups in total. The van der Waals surface area contributed by atoms with Crippen molar-refractivity contribution in [3.05, 3.63) is 60.2 Å². The molecule has 0 fully saturated rings. The van der Waals surface area contributed by atoms with Gasteiger partial charge < -0.3 is 14.8 Å². The van der Waals surface area contributed by atoms with Crippen LogP contribution in [0.1, 0.15) is 45.1 Å². The highest BCUT2D eigenvalue weighted by Gasteiger charge is 2.03. The lowest BCUT2D eigenvalue weighted by molar-refractivity contribution is -0.115. The lowest BCUT2D eigenvalue weighted by Gasteiger charge is -2.10. The summed E-state index contributed by atoms with van der Waals surface area (Å²) in [7, 11) is 0. The number of amides is 1. The lowest BCUT2D eigenvalue weighted by Crippen LogP contribution is -2.32. The minimum Gasteiger partial charge on any atom is -0.494 e. The highest BCUT2D eigenvalue weighted by molar-refractivity contribution is 7.80. The molecule has 5 nitrogen and oxygen atoms in total. The largest absolute Gasteiger partial charge is 0.494 e. The molecule has 160 valence electrons. The number of hydrogen-bond acceptors (Lipinski definition) is 4. The van der Waals surface area contributed by atoms with Gasteiger partial charge in [-0.3, -0.25) is 10.1 Å². The first-order chi connectivity index (χ1) is 14.6. The monoisotopic (exact) mass is 426 g/mol. The Bertz CT molecular complexity index is 817. The third-order valence-corrected chi connectivity index (χ3v) is 4.44. The van der Waals surface area contributed by atoms with Crippen molar-refractivity contribution in [3.63, 3.8) is 0 Å². The second-order valence-electron chi connectivity index (χ2n) is 6.71. The molecule has 0 radical (unpaired) electrons. The van der Waals surface area contributed by atoms with E-state index in [1.54, 1.807) is 6.08 Å². The summed E-state index contributed by atoms with van der Waals surface area (Å²) in [6.45, 7) is 5.48. The number of carbonyl (C=O) groups is 1. The first-order valence-electron chi connectivity index (χ1n) is 10.4. The van der Waals surface area contributed by atoms with E-state index in [0.717, 1.165) is 35.8 Å². The number of carbonyl (C=O) groups excluding carboxylic acids is 1. The highest BCUT2D eigenvalue weighted by Crippen LogP contribution is 2.16. The number of hydrogen-bond donors (Lipinski definition) is 2. The third-order valence-electron chi connectivity index (χ3n) is 4.23. The van der Waals surface area contributed by atoms with Crippen molar-refractivity contribution in [2.24, 2.45) is 0 Å². The van der Waals surface area contributed by atoms with Crippen molar-refractivity contribution in [1.82, 2.24) is 5.32 Å². The van der Waals surface area contributed by atoms with Crippen molar-refractivity contribution in [2.45, 2.75) is 39.5 Å². The molecular formula is C24H30N2O3S. The Balaban J connectivity index is 1.74. The molecule has 0 bridgehead atoms. The molecule has 0 aliphatic carbocycles. The molecule has 2 aromatic carbocycles. The molecule has 0 unspecified atom stereocenters. The van der Waals surface area contributed by atoms with Gasteiger partial charge in [0.05, 0.1) is 13.2 Å². The summed E-state index contributed by atoms with van der Waals surface area (Å²) in [5, 5.41) is 5.88. The molecule has 0 aromatic heterocycles. The van der Waals surface area contributed by atoms with Gasteiger partial charge in [-0.25, -0.2) is 0 Å². The van der Waals surface area contributed by atoms with Gasteiger partial charge in [0.1, 0.15) is 11.5 Å². The van der Waals surface area contributed by atoms with E-state index in [1.807, 2.05) is 55.5 Å². The molecule has 0 aliphatic heterocycles. The standard InChI is InChI=1S/C24H30N2O3S/c1-3-5-6-7-18-29-22-15-11-20(12-16-22)25-24(30)26-23(27)17-10-19-8-13-21(14-9-19)28-4-2/h8-17H,3-7,18H2,1-2H3,(H2,25,26,27,30)/b17-10+. The smallest absolute Gasteiger partial charge is 0.250 e. The van der Waals surface area contributed by atoms with Gasteiger partial charge in [-0.2, -0.15) is 0 Å². The molecule has 6 heteroatoms. The van der Waals surface area contributed by atoms with Crippen molar-refractivity contribution in [2.75, 3.05) is 18.5 Å². The van der Waals surface area contributed by atoms with E-state index >= 15 is 0 Å². The minimum absolute atomic E-state index is 0.240. The van der Waals surface area contributed by atoms with Crippen LogP contribution in [0.15, 0.2) is 54.6 Å². The molecule has 0 atom stereocenters. The molecule has 0 spiro atoms. The number of unbranched alkanes of at least 4 members (excludes halogenated alkanes) is 3. The maximum absolute atomic E-state index is 12.1. The molecule has 2 aromatic rings. The van der Waals surface area contributed by atoms with Gasteiger partial charge in [0.25, 0.3) is 0 Å². The molecule has 0 saturated heterocycles. The first kappa shape index (κ1) is 23.4. The second-order valence-corrected chi connectivity index (χ2v) is 7.12. The van der Waals surface area contributed by atoms with Gasteiger partial charge in [-0.05, 0) is 73.6 Å². The van der Waals surface area contributed by atoms with Crippen LogP contribution in [0.5, 0.6) is 11.5 Å². The fourth-order valence-corrected chi connectivity index (χ4v) is 2.90. The zero-order valence-corrected chi connectivity index (χ0v) is 18.5. The summed E-state index contributed by atoms with van der Waals surface area (Å²) < 4.78 is 11.1. The molecule has 2 rings (SSSR count). The van der Waals surface area contributed by atoms with Gasteiger partial charge in [0, 0.05) is 11.8 Å². The Morgan fingerprint density at radius 3 is 2.27 bits per heavy atom. The normalized spacial score (nSPS) is 10.6. The topological polar surface area (TPSA) is 59.6 Å². The van der Waals surface area contributed by atoms with Crippen molar-refractivity contribution < 1.29 is 14.3 Å². The molecule has 30 heavy (non-hydrogen) atoms. The first-order valence-corrected chi connectivity index (χ1v) is 10.8. The van der Waals surface area contributed by atoms with Gasteiger partial charge in [0.15, 0.2) is 5.11 Å².